The molecule has 0 aromatic carbocycles. The van der Waals surface area contributed by atoms with Crippen molar-refractivity contribution in [3.8, 4) is 0 Å². The zero-order valence-electron chi connectivity index (χ0n) is 12.2. The van der Waals surface area contributed by atoms with Gasteiger partial charge in [0.25, 0.3) is 0 Å². The van der Waals surface area contributed by atoms with Crippen LogP contribution in [-0.2, 0) is 16.0 Å². The molecule has 1 aliphatic heterocycles. The highest BCUT2D eigenvalue weighted by Gasteiger charge is 2.22. The predicted octanol–water partition coefficient (Wildman–Crippen LogP) is 2.12. The molecule has 2 rings (SSSR count). The monoisotopic (exact) mass is 290 g/mol. The first-order chi connectivity index (χ1) is 10.1. The number of piperidine rings is 1. The highest BCUT2D eigenvalue weighted by Crippen LogP contribution is 2.22. The number of carboxylic acid groups (broad SMARTS) is 1. The number of nitrogens with zero attached hydrogens (tertiary/aromatic N) is 2. The van der Waals surface area contributed by atoms with Crippen molar-refractivity contribution in [2.45, 2.75) is 38.5 Å². The van der Waals surface area contributed by atoms with Gasteiger partial charge in [-0.05, 0) is 43.2 Å². The van der Waals surface area contributed by atoms with Crippen LogP contribution in [-0.4, -0.2) is 40.0 Å². The number of amides is 1. The normalized spacial score (nSPS) is 15.9. The number of hydrogen-bond donors (Lipinski definition) is 1. The molecule has 1 saturated heterocycles. The summed E-state index contributed by atoms with van der Waals surface area (Å²) in [5, 5.41) is 8.69. The van der Waals surface area contributed by atoms with E-state index in [9.17, 15) is 9.59 Å². The number of aliphatic carboxylic acids is 1. The van der Waals surface area contributed by atoms with E-state index >= 15 is 0 Å². The van der Waals surface area contributed by atoms with Crippen molar-refractivity contribution in [2.24, 2.45) is 5.92 Å². The lowest BCUT2D eigenvalue weighted by Gasteiger charge is -2.32. The molecule has 1 aromatic rings. The fourth-order valence-electron chi connectivity index (χ4n) is 2.75. The van der Waals surface area contributed by atoms with Crippen LogP contribution in [0.4, 0.5) is 0 Å². The van der Waals surface area contributed by atoms with Crippen molar-refractivity contribution in [1.29, 1.82) is 0 Å². The van der Waals surface area contributed by atoms with Gasteiger partial charge in [0.1, 0.15) is 0 Å². The molecule has 0 radical (unpaired) electrons. The minimum Gasteiger partial charge on any atom is -0.481 e. The van der Waals surface area contributed by atoms with Gasteiger partial charge in [-0.1, -0.05) is 6.07 Å². The second-order valence-corrected chi connectivity index (χ2v) is 5.62. The van der Waals surface area contributed by atoms with E-state index in [0.29, 0.717) is 12.3 Å². The maximum Gasteiger partial charge on any atom is 0.303 e. The van der Waals surface area contributed by atoms with Gasteiger partial charge in [-0.2, -0.15) is 0 Å². The molecule has 0 bridgehead atoms. The fourth-order valence-corrected chi connectivity index (χ4v) is 2.75. The minimum atomic E-state index is -0.732. The van der Waals surface area contributed by atoms with Crippen LogP contribution in [0, 0.1) is 5.92 Å². The molecule has 0 aliphatic carbocycles. The van der Waals surface area contributed by atoms with Crippen LogP contribution in [0.1, 0.15) is 37.7 Å². The Balaban J connectivity index is 1.69. The molecule has 1 aliphatic rings. The van der Waals surface area contributed by atoms with Gasteiger partial charge in [0, 0.05) is 38.3 Å². The van der Waals surface area contributed by atoms with E-state index in [1.807, 2.05) is 17.0 Å². The van der Waals surface area contributed by atoms with Gasteiger partial charge in [0.05, 0.1) is 0 Å². The molecule has 1 fully saturated rings. The van der Waals surface area contributed by atoms with Crippen LogP contribution < -0.4 is 0 Å². The first kappa shape index (κ1) is 15.5. The van der Waals surface area contributed by atoms with Gasteiger partial charge in [0.15, 0.2) is 0 Å². The Morgan fingerprint density at radius 2 is 2.05 bits per heavy atom. The number of rotatable bonds is 6. The molecule has 5 nitrogen and oxygen atoms in total. The van der Waals surface area contributed by atoms with Crippen LogP contribution in [0.2, 0.25) is 0 Å². The summed E-state index contributed by atoms with van der Waals surface area (Å²) in [6, 6.07) is 3.87. The largest absolute Gasteiger partial charge is 0.481 e. The quantitative estimate of drug-likeness (QED) is 0.871. The number of hydrogen-bond acceptors (Lipinski definition) is 3. The average molecular weight is 290 g/mol. The summed E-state index contributed by atoms with van der Waals surface area (Å²) in [6.45, 7) is 1.52. The van der Waals surface area contributed by atoms with E-state index in [2.05, 4.69) is 4.98 Å². The molecule has 1 amide bonds. The van der Waals surface area contributed by atoms with Crippen molar-refractivity contribution in [3.05, 3.63) is 30.1 Å². The van der Waals surface area contributed by atoms with Crippen molar-refractivity contribution < 1.29 is 14.7 Å². The second-order valence-electron chi connectivity index (χ2n) is 5.62. The first-order valence-electron chi connectivity index (χ1n) is 7.53. The van der Waals surface area contributed by atoms with Crippen molar-refractivity contribution in [3.63, 3.8) is 0 Å². The van der Waals surface area contributed by atoms with Gasteiger partial charge in [-0.15, -0.1) is 0 Å². The van der Waals surface area contributed by atoms with Gasteiger partial charge >= 0.3 is 5.97 Å². The number of pyridine rings is 1. The Kier molecular flexibility index (Phi) is 5.72. The molecular weight excluding hydrogens is 268 g/mol. The molecule has 0 unspecified atom stereocenters. The van der Waals surface area contributed by atoms with E-state index in [1.165, 1.54) is 0 Å². The van der Waals surface area contributed by atoms with Crippen LogP contribution in [0.3, 0.4) is 0 Å². The van der Waals surface area contributed by atoms with E-state index < -0.39 is 5.97 Å². The van der Waals surface area contributed by atoms with E-state index in [1.54, 1.807) is 12.4 Å². The zero-order chi connectivity index (χ0) is 15.1. The summed E-state index contributed by atoms with van der Waals surface area (Å²) in [4.78, 5) is 28.7. The van der Waals surface area contributed by atoms with Crippen LogP contribution in [0.25, 0.3) is 0 Å². The Bertz CT molecular complexity index is 468. The van der Waals surface area contributed by atoms with E-state index in [4.69, 9.17) is 5.11 Å². The third-order valence-corrected chi connectivity index (χ3v) is 4.08. The van der Waals surface area contributed by atoms with Gasteiger partial charge < -0.3 is 10.0 Å². The molecule has 5 heteroatoms. The highest BCUT2D eigenvalue weighted by molar-refractivity contribution is 5.76. The Morgan fingerprint density at radius 1 is 1.29 bits per heavy atom. The molecule has 2 heterocycles. The molecule has 1 N–H and O–H groups in total. The van der Waals surface area contributed by atoms with Crippen molar-refractivity contribution in [2.75, 3.05) is 13.1 Å². The van der Waals surface area contributed by atoms with Crippen LogP contribution >= 0.6 is 0 Å². The summed E-state index contributed by atoms with van der Waals surface area (Å²) in [5.41, 5.74) is 1.09. The number of aryl methyl sites for hydroxylation is 1. The standard InChI is InChI=1S/C16H22N2O3/c19-15(5-3-14-2-1-9-17-12-14)18-10-7-13(8-11-18)4-6-16(20)21/h1-2,9,12-13H,3-8,10-11H2,(H,20,21). The topological polar surface area (TPSA) is 70.5 Å². The minimum absolute atomic E-state index is 0.190. The number of likely N-dealkylation sites (tertiary alicyclic amines) is 1. The first-order valence-corrected chi connectivity index (χ1v) is 7.53. The molecule has 0 saturated carbocycles. The Hall–Kier alpha value is -1.91. The second kappa shape index (κ2) is 7.76. The van der Waals surface area contributed by atoms with Gasteiger partial charge in [-0.25, -0.2) is 0 Å². The Labute approximate surface area is 125 Å². The maximum absolute atomic E-state index is 12.2. The van der Waals surface area contributed by atoms with Gasteiger partial charge in [0.2, 0.25) is 5.91 Å². The number of aromatic nitrogens is 1. The molecule has 0 atom stereocenters. The lowest BCUT2D eigenvalue weighted by Crippen LogP contribution is -2.38. The summed E-state index contributed by atoms with van der Waals surface area (Å²) in [6.07, 6.45) is 7.58. The molecular formula is C16H22N2O3. The number of carboxylic acids is 1. The summed E-state index contributed by atoms with van der Waals surface area (Å²) >= 11 is 0. The smallest absolute Gasteiger partial charge is 0.303 e. The summed E-state index contributed by atoms with van der Waals surface area (Å²) < 4.78 is 0. The highest BCUT2D eigenvalue weighted by atomic mass is 16.4. The van der Waals surface area contributed by atoms with E-state index in [0.717, 1.165) is 44.3 Å². The molecule has 21 heavy (non-hydrogen) atoms. The third kappa shape index (κ3) is 5.17. The number of carbonyl (C=O) groups is 2. The summed E-state index contributed by atoms with van der Waals surface area (Å²) in [5.74, 6) is -0.0935. The van der Waals surface area contributed by atoms with Crippen LogP contribution in [0.5, 0.6) is 0 Å². The number of carbonyl (C=O) groups excluding carboxylic acids is 1. The SMILES string of the molecule is O=C(O)CCC1CCN(C(=O)CCc2cccnc2)CC1. The lowest BCUT2D eigenvalue weighted by atomic mass is 9.92. The summed E-state index contributed by atoms with van der Waals surface area (Å²) in [7, 11) is 0. The maximum atomic E-state index is 12.2. The molecule has 1 aromatic heterocycles. The third-order valence-electron chi connectivity index (χ3n) is 4.08. The van der Waals surface area contributed by atoms with Crippen molar-refractivity contribution >= 4 is 11.9 Å². The average Bonchev–Trinajstić information content (AvgIpc) is 2.52. The zero-order valence-corrected chi connectivity index (χ0v) is 12.2. The van der Waals surface area contributed by atoms with Crippen molar-refractivity contribution in [1.82, 2.24) is 9.88 Å². The van der Waals surface area contributed by atoms with Gasteiger partial charge in [-0.3, -0.25) is 14.6 Å². The fraction of sp³-hybridized carbons (Fsp3) is 0.562. The lowest BCUT2D eigenvalue weighted by molar-refractivity contribution is -0.138. The van der Waals surface area contributed by atoms with E-state index in [-0.39, 0.29) is 12.3 Å². The van der Waals surface area contributed by atoms with Crippen LogP contribution in [0.15, 0.2) is 24.5 Å². The molecule has 114 valence electrons. The molecule has 0 spiro atoms. The Morgan fingerprint density at radius 3 is 2.67 bits per heavy atom. The predicted molar refractivity (Wildman–Crippen MR) is 78.7 cm³/mol.